The lowest BCUT2D eigenvalue weighted by Gasteiger charge is -2.04. The van der Waals surface area contributed by atoms with E-state index in [9.17, 15) is 10.1 Å². The van der Waals surface area contributed by atoms with Crippen LogP contribution in [-0.4, -0.2) is 21.6 Å². The topological polar surface area (TPSA) is 108 Å². The Morgan fingerprint density at radius 3 is 2.90 bits per heavy atom. The number of hydrogen-bond acceptors (Lipinski definition) is 6. The van der Waals surface area contributed by atoms with Crippen molar-refractivity contribution in [2.45, 2.75) is 26.7 Å². The standard InChI is InChI=1S/C14H18N4O3/c1-9(8-15)3-6-13-16-14(17-21-13)12-7-11(18(19)20)5-4-10(12)2/h4-5,7,9H,3,6,8,15H2,1-2H3. The third kappa shape index (κ3) is 3.63. The van der Waals surface area contributed by atoms with E-state index < -0.39 is 4.92 Å². The molecule has 1 atom stereocenters. The highest BCUT2D eigenvalue weighted by molar-refractivity contribution is 5.63. The lowest BCUT2D eigenvalue weighted by atomic mass is 10.1. The molecule has 2 rings (SSSR count). The van der Waals surface area contributed by atoms with Gasteiger partial charge >= 0.3 is 0 Å². The molecule has 7 heteroatoms. The molecule has 0 saturated heterocycles. The van der Waals surface area contributed by atoms with E-state index in [0.29, 0.717) is 36.2 Å². The summed E-state index contributed by atoms with van der Waals surface area (Å²) < 4.78 is 5.20. The van der Waals surface area contributed by atoms with Crippen molar-refractivity contribution in [3.05, 3.63) is 39.8 Å². The molecule has 0 bridgehead atoms. The van der Waals surface area contributed by atoms with Crippen LogP contribution in [0, 0.1) is 23.0 Å². The molecule has 0 aliphatic heterocycles. The summed E-state index contributed by atoms with van der Waals surface area (Å²) in [4.78, 5) is 14.7. The Hall–Kier alpha value is -2.28. The van der Waals surface area contributed by atoms with Gasteiger partial charge in [-0.2, -0.15) is 4.98 Å². The van der Waals surface area contributed by atoms with Crippen LogP contribution in [0.1, 0.15) is 24.8 Å². The van der Waals surface area contributed by atoms with Gasteiger partial charge < -0.3 is 10.3 Å². The zero-order chi connectivity index (χ0) is 15.4. The summed E-state index contributed by atoms with van der Waals surface area (Å²) in [7, 11) is 0. The van der Waals surface area contributed by atoms with Gasteiger partial charge in [0.05, 0.1) is 4.92 Å². The molecule has 7 nitrogen and oxygen atoms in total. The highest BCUT2D eigenvalue weighted by Gasteiger charge is 2.15. The molecule has 0 spiro atoms. The van der Waals surface area contributed by atoms with Crippen LogP contribution in [0.15, 0.2) is 22.7 Å². The van der Waals surface area contributed by atoms with Crippen molar-refractivity contribution >= 4 is 5.69 Å². The van der Waals surface area contributed by atoms with Gasteiger partial charge in [0.15, 0.2) is 0 Å². The van der Waals surface area contributed by atoms with Crippen LogP contribution < -0.4 is 5.73 Å². The van der Waals surface area contributed by atoms with Crippen LogP contribution in [-0.2, 0) is 6.42 Å². The number of nitrogens with zero attached hydrogens (tertiary/aromatic N) is 3. The van der Waals surface area contributed by atoms with Crippen LogP contribution in [0.3, 0.4) is 0 Å². The number of non-ortho nitro benzene ring substituents is 1. The quantitative estimate of drug-likeness (QED) is 0.646. The normalized spacial score (nSPS) is 12.3. The highest BCUT2D eigenvalue weighted by atomic mass is 16.6. The van der Waals surface area contributed by atoms with Gasteiger partial charge in [0, 0.05) is 24.1 Å². The summed E-state index contributed by atoms with van der Waals surface area (Å²) in [6.45, 7) is 4.53. The number of nitro groups is 1. The molecule has 1 unspecified atom stereocenters. The average Bonchev–Trinajstić information content (AvgIpc) is 2.93. The van der Waals surface area contributed by atoms with Crippen molar-refractivity contribution in [2.75, 3.05) is 6.54 Å². The van der Waals surface area contributed by atoms with Crippen LogP contribution in [0.5, 0.6) is 0 Å². The van der Waals surface area contributed by atoms with Gasteiger partial charge in [0.2, 0.25) is 11.7 Å². The Bertz CT molecular complexity index is 639. The first-order valence-corrected chi connectivity index (χ1v) is 6.79. The molecule has 0 aliphatic rings. The minimum absolute atomic E-state index is 0.0127. The minimum atomic E-state index is -0.438. The molecule has 0 aliphatic carbocycles. The maximum atomic E-state index is 10.8. The molecule has 2 N–H and O–H groups in total. The first-order chi connectivity index (χ1) is 10.0. The lowest BCUT2D eigenvalue weighted by molar-refractivity contribution is -0.384. The van der Waals surface area contributed by atoms with Gasteiger partial charge in [-0.05, 0) is 31.4 Å². The summed E-state index contributed by atoms with van der Waals surface area (Å²) in [6, 6.07) is 4.61. The van der Waals surface area contributed by atoms with Gasteiger partial charge in [0.25, 0.3) is 5.69 Å². The van der Waals surface area contributed by atoms with E-state index >= 15 is 0 Å². The maximum absolute atomic E-state index is 10.8. The summed E-state index contributed by atoms with van der Waals surface area (Å²) >= 11 is 0. The van der Waals surface area contributed by atoms with Gasteiger partial charge in [0.1, 0.15) is 0 Å². The highest BCUT2D eigenvalue weighted by Crippen LogP contribution is 2.25. The monoisotopic (exact) mass is 290 g/mol. The molecule has 21 heavy (non-hydrogen) atoms. The van der Waals surface area contributed by atoms with E-state index in [2.05, 4.69) is 17.1 Å². The minimum Gasteiger partial charge on any atom is -0.339 e. The predicted octanol–water partition coefficient (Wildman–Crippen LogP) is 2.48. The molecule has 0 radical (unpaired) electrons. The SMILES string of the molecule is Cc1ccc([N+](=O)[O-])cc1-c1noc(CCC(C)CN)n1. The van der Waals surface area contributed by atoms with E-state index in [4.69, 9.17) is 10.3 Å². The third-order valence-corrected chi connectivity index (χ3v) is 3.39. The number of nitro benzene ring substituents is 1. The van der Waals surface area contributed by atoms with Crippen molar-refractivity contribution in [2.24, 2.45) is 11.7 Å². The fourth-order valence-corrected chi connectivity index (χ4v) is 1.92. The van der Waals surface area contributed by atoms with Crippen molar-refractivity contribution in [3.8, 4) is 11.4 Å². The average molecular weight is 290 g/mol. The third-order valence-electron chi connectivity index (χ3n) is 3.39. The van der Waals surface area contributed by atoms with Crippen molar-refractivity contribution in [3.63, 3.8) is 0 Å². The van der Waals surface area contributed by atoms with Crippen LogP contribution >= 0.6 is 0 Å². The Morgan fingerprint density at radius 1 is 1.48 bits per heavy atom. The smallest absolute Gasteiger partial charge is 0.270 e. The maximum Gasteiger partial charge on any atom is 0.270 e. The van der Waals surface area contributed by atoms with Crippen LogP contribution in [0.4, 0.5) is 5.69 Å². The van der Waals surface area contributed by atoms with E-state index in [1.807, 2.05) is 6.92 Å². The second-order valence-electron chi connectivity index (χ2n) is 5.15. The summed E-state index contributed by atoms with van der Waals surface area (Å²) in [5.41, 5.74) is 7.06. The molecule has 1 aromatic heterocycles. The van der Waals surface area contributed by atoms with Crippen molar-refractivity contribution in [1.82, 2.24) is 10.1 Å². The second kappa shape index (κ2) is 6.45. The zero-order valence-corrected chi connectivity index (χ0v) is 12.1. The van der Waals surface area contributed by atoms with E-state index in [1.54, 1.807) is 6.07 Å². The molecular formula is C14H18N4O3. The summed E-state index contributed by atoms with van der Waals surface area (Å²) in [5, 5.41) is 14.8. The number of aromatic nitrogens is 2. The van der Waals surface area contributed by atoms with Crippen LogP contribution in [0.25, 0.3) is 11.4 Å². The number of benzene rings is 1. The van der Waals surface area contributed by atoms with Gasteiger partial charge in [-0.3, -0.25) is 10.1 Å². The molecule has 2 aromatic rings. The Kier molecular flexibility index (Phi) is 4.64. The molecule has 0 amide bonds. The second-order valence-corrected chi connectivity index (χ2v) is 5.15. The molecule has 0 saturated carbocycles. The number of aryl methyl sites for hydroxylation is 2. The molecule has 0 fully saturated rings. The largest absolute Gasteiger partial charge is 0.339 e. The van der Waals surface area contributed by atoms with Crippen molar-refractivity contribution < 1.29 is 9.45 Å². The van der Waals surface area contributed by atoms with E-state index in [0.717, 1.165) is 12.0 Å². The molecule has 112 valence electrons. The first kappa shape index (κ1) is 15.1. The fourth-order valence-electron chi connectivity index (χ4n) is 1.92. The Morgan fingerprint density at radius 2 is 2.24 bits per heavy atom. The van der Waals surface area contributed by atoms with Crippen molar-refractivity contribution in [1.29, 1.82) is 0 Å². The molecule has 1 aromatic carbocycles. The van der Waals surface area contributed by atoms with Crippen LogP contribution in [0.2, 0.25) is 0 Å². The lowest BCUT2D eigenvalue weighted by Crippen LogP contribution is -2.11. The Balaban J connectivity index is 2.21. The number of hydrogen-bond donors (Lipinski definition) is 1. The molecule has 1 heterocycles. The Labute approximate surface area is 122 Å². The zero-order valence-electron chi connectivity index (χ0n) is 12.1. The van der Waals surface area contributed by atoms with Gasteiger partial charge in [-0.1, -0.05) is 18.1 Å². The number of rotatable bonds is 6. The fraction of sp³-hybridized carbons (Fsp3) is 0.429. The summed E-state index contributed by atoms with van der Waals surface area (Å²) in [6.07, 6.45) is 1.52. The molecular weight excluding hydrogens is 272 g/mol. The van der Waals surface area contributed by atoms with E-state index in [1.165, 1.54) is 12.1 Å². The van der Waals surface area contributed by atoms with Gasteiger partial charge in [-0.15, -0.1) is 0 Å². The van der Waals surface area contributed by atoms with E-state index in [-0.39, 0.29) is 5.69 Å². The van der Waals surface area contributed by atoms with Gasteiger partial charge in [-0.25, -0.2) is 0 Å². The summed E-state index contributed by atoms with van der Waals surface area (Å²) in [5.74, 6) is 1.29. The predicted molar refractivity (Wildman–Crippen MR) is 77.7 cm³/mol. The number of nitrogens with two attached hydrogens (primary N) is 1. The first-order valence-electron chi connectivity index (χ1n) is 6.79.